The molecule has 0 aliphatic heterocycles. The molecule has 0 atom stereocenters. The van der Waals surface area contributed by atoms with Gasteiger partial charge in [0.25, 0.3) is 5.91 Å². The number of nitrogen functional groups attached to an aromatic ring is 1. The highest BCUT2D eigenvalue weighted by Crippen LogP contribution is 2.18. The lowest BCUT2D eigenvalue weighted by molar-refractivity contribution is 0.0954. The molecule has 0 bridgehead atoms. The van der Waals surface area contributed by atoms with Gasteiger partial charge in [0.1, 0.15) is 10.7 Å². The number of hydrogen-bond donors (Lipinski definition) is 2. The molecular weight excluding hydrogens is 321 g/mol. The molecule has 7 heteroatoms. The predicted molar refractivity (Wildman–Crippen MR) is 71.8 cm³/mol. The van der Waals surface area contributed by atoms with Gasteiger partial charge in [0, 0.05) is 11.0 Å². The van der Waals surface area contributed by atoms with E-state index < -0.39 is 0 Å². The second kappa shape index (κ2) is 5.45. The number of nitrogens with two attached hydrogens (primary N) is 1. The average molecular weight is 330 g/mol. The van der Waals surface area contributed by atoms with Crippen LogP contribution in [0.3, 0.4) is 0 Å². The van der Waals surface area contributed by atoms with Gasteiger partial charge in [-0.05, 0) is 17.7 Å². The zero-order chi connectivity index (χ0) is 13.1. The minimum atomic E-state index is -0.327. The zero-order valence-corrected chi connectivity index (χ0v) is 11.5. The Labute approximate surface area is 115 Å². The molecule has 94 valence electrons. The van der Waals surface area contributed by atoms with Gasteiger partial charge in [0.2, 0.25) is 0 Å². The fraction of sp³-hybridized carbons (Fsp3) is 0.0909. The number of thiazole rings is 1. The van der Waals surface area contributed by atoms with Crippen molar-refractivity contribution in [2.45, 2.75) is 6.54 Å². The number of hydrogen-bond acceptors (Lipinski definition) is 4. The van der Waals surface area contributed by atoms with Crippen molar-refractivity contribution in [2.75, 3.05) is 5.73 Å². The first-order valence-corrected chi connectivity index (χ1v) is 6.60. The van der Waals surface area contributed by atoms with Gasteiger partial charge in [-0.3, -0.25) is 4.79 Å². The van der Waals surface area contributed by atoms with Crippen LogP contribution in [0.2, 0.25) is 0 Å². The smallest absolute Gasteiger partial charge is 0.263 e. The maximum Gasteiger partial charge on any atom is 0.263 e. The molecular formula is C11H9BrFN3OS. The Morgan fingerprint density at radius 1 is 1.56 bits per heavy atom. The van der Waals surface area contributed by atoms with Gasteiger partial charge in [-0.15, -0.1) is 0 Å². The molecule has 1 aromatic carbocycles. The van der Waals surface area contributed by atoms with E-state index in [0.717, 1.165) is 16.9 Å². The van der Waals surface area contributed by atoms with Crippen LogP contribution in [0.1, 0.15) is 15.2 Å². The third kappa shape index (κ3) is 3.05. The largest absolute Gasteiger partial charge is 0.375 e. The summed E-state index contributed by atoms with van der Waals surface area (Å²) >= 11 is 4.36. The topological polar surface area (TPSA) is 68.0 Å². The summed E-state index contributed by atoms with van der Waals surface area (Å²) in [7, 11) is 0. The van der Waals surface area contributed by atoms with Gasteiger partial charge < -0.3 is 11.1 Å². The summed E-state index contributed by atoms with van der Waals surface area (Å²) in [6.07, 6.45) is 1.43. The molecule has 2 aromatic rings. The Balaban J connectivity index is 2.01. The number of aromatic nitrogens is 1. The number of carbonyl (C=O) groups excluding carboxylic acids is 1. The van der Waals surface area contributed by atoms with Crippen LogP contribution < -0.4 is 11.1 Å². The maximum atomic E-state index is 12.9. The van der Waals surface area contributed by atoms with E-state index in [9.17, 15) is 9.18 Å². The van der Waals surface area contributed by atoms with Crippen molar-refractivity contribution >= 4 is 38.3 Å². The molecule has 3 N–H and O–H groups in total. The maximum absolute atomic E-state index is 12.9. The molecule has 0 radical (unpaired) electrons. The molecule has 1 amide bonds. The van der Waals surface area contributed by atoms with E-state index in [4.69, 9.17) is 5.73 Å². The molecule has 1 heterocycles. The lowest BCUT2D eigenvalue weighted by Gasteiger charge is -2.05. The summed E-state index contributed by atoms with van der Waals surface area (Å²) in [4.78, 5) is 16.0. The first kappa shape index (κ1) is 13.0. The van der Waals surface area contributed by atoms with Crippen molar-refractivity contribution in [3.8, 4) is 0 Å². The lowest BCUT2D eigenvalue weighted by Crippen LogP contribution is -2.22. The molecule has 0 saturated carbocycles. The van der Waals surface area contributed by atoms with Crippen LogP contribution in [0.4, 0.5) is 9.52 Å². The molecule has 4 nitrogen and oxygen atoms in total. The number of anilines is 1. The molecule has 0 unspecified atom stereocenters. The Bertz CT molecular complexity index is 587. The average Bonchev–Trinajstić information content (AvgIpc) is 2.74. The summed E-state index contributed by atoms with van der Waals surface area (Å²) in [5.74, 6) is -0.576. The number of nitrogens with zero attached hydrogens (tertiary/aromatic N) is 1. The Morgan fingerprint density at radius 2 is 2.33 bits per heavy atom. The minimum Gasteiger partial charge on any atom is -0.375 e. The third-order valence-corrected chi connectivity index (χ3v) is 3.77. The van der Waals surface area contributed by atoms with Gasteiger partial charge in [0.05, 0.1) is 6.20 Å². The van der Waals surface area contributed by atoms with Crippen LogP contribution >= 0.6 is 27.3 Å². The van der Waals surface area contributed by atoms with Crippen molar-refractivity contribution in [3.63, 3.8) is 0 Å². The second-order valence-corrected chi connectivity index (χ2v) is 5.40. The van der Waals surface area contributed by atoms with Crippen LogP contribution in [-0.4, -0.2) is 10.9 Å². The van der Waals surface area contributed by atoms with E-state index >= 15 is 0 Å². The van der Waals surface area contributed by atoms with E-state index in [2.05, 4.69) is 26.2 Å². The van der Waals surface area contributed by atoms with Gasteiger partial charge in [-0.25, -0.2) is 9.37 Å². The summed E-state index contributed by atoms with van der Waals surface area (Å²) < 4.78 is 13.5. The molecule has 18 heavy (non-hydrogen) atoms. The SMILES string of the molecule is Nc1ncc(C(=O)NCc2ccc(F)cc2Br)s1. The number of rotatable bonds is 3. The van der Waals surface area contributed by atoms with Crippen molar-refractivity contribution in [3.05, 3.63) is 45.1 Å². The molecule has 0 fully saturated rings. The van der Waals surface area contributed by atoms with E-state index in [1.54, 1.807) is 6.07 Å². The number of halogens is 2. The second-order valence-electron chi connectivity index (χ2n) is 3.48. The number of amides is 1. The minimum absolute atomic E-state index is 0.250. The summed E-state index contributed by atoms with van der Waals surface area (Å²) in [6.45, 7) is 0.303. The van der Waals surface area contributed by atoms with Crippen LogP contribution in [0.15, 0.2) is 28.9 Å². The fourth-order valence-corrected chi connectivity index (χ4v) is 2.41. The fourth-order valence-electron chi connectivity index (χ4n) is 1.32. The van der Waals surface area contributed by atoms with E-state index in [1.807, 2.05) is 0 Å². The third-order valence-electron chi connectivity index (χ3n) is 2.20. The van der Waals surface area contributed by atoms with E-state index in [0.29, 0.717) is 21.0 Å². The zero-order valence-electron chi connectivity index (χ0n) is 9.11. The van der Waals surface area contributed by atoms with Crippen molar-refractivity contribution < 1.29 is 9.18 Å². The van der Waals surface area contributed by atoms with Crippen molar-refractivity contribution in [1.29, 1.82) is 0 Å². The normalized spacial score (nSPS) is 10.3. The molecule has 0 aliphatic carbocycles. The van der Waals surface area contributed by atoms with Crippen molar-refractivity contribution in [2.24, 2.45) is 0 Å². The highest BCUT2D eigenvalue weighted by atomic mass is 79.9. The van der Waals surface area contributed by atoms with Crippen LogP contribution in [0.25, 0.3) is 0 Å². The number of nitrogens with one attached hydrogen (secondary N) is 1. The van der Waals surface area contributed by atoms with Crippen LogP contribution in [0.5, 0.6) is 0 Å². The van der Waals surface area contributed by atoms with Gasteiger partial charge >= 0.3 is 0 Å². The summed E-state index contributed by atoms with van der Waals surface area (Å²) in [5, 5.41) is 3.06. The van der Waals surface area contributed by atoms with Gasteiger partial charge in [-0.2, -0.15) is 0 Å². The Hall–Kier alpha value is -1.47. The van der Waals surface area contributed by atoms with Gasteiger partial charge in [-0.1, -0.05) is 33.3 Å². The first-order valence-electron chi connectivity index (χ1n) is 4.99. The quantitative estimate of drug-likeness (QED) is 0.909. The molecule has 0 spiro atoms. The summed E-state index contributed by atoms with van der Waals surface area (Å²) in [6, 6.07) is 4.31. The molecule has 1 aromatic heterocycles. The molecule has 0 aliphatic rings. The lowest BCUT2D eigenvalue weighted by atomic mass is 10.2. The van der Waals surface area contributed by atoms with E-state index in [-0.39, 0.29) is 11.7 Å². The highest BCUT2D eigenvalue weighted by molar-refractivity contribution is 9.10. The van der Waals surface area contributed by atoms with E-state index in [1.165, 1.54) is 18.3 Å². The molecule has 0 saturated heterocycles. The first-order chi connectivity index (χ1) is 8.56. The standard InChI is InChI=1S/C11H9BrFN3OS/c12-8-3-7(13)2-1-6(8)4-15-10(17)9-5-16-11(14)18-9/h1-3,5H,4H2,(H2,14,16)(H,15,17). The number of benzene rings is 1. The van der Waals surface area contributed by atoms with Crippen LogP contribution in [0, 0.1) is 5.82 Å². The predicted octanol–water partition coefficient (Wildman–Crippen LogP) is 2.56. The van der Waals surface area contributed by atoms with Crippen molar-refractivity contribution in [1.82, 2.24) is 10.3 Å². The number of carbonyl (C=O) groups is 1. The van der Waals surface area contributed by atoms with Gasteiger partial charge in [0.15, 0.2) is 5.13 Å². The Morgan fingerprint density at radius 3 is 2.94 bits per heavy atom. The monoisotopic (exact) mass is 329 g/mol. The molecule has 2 rings (SSSR count). The van der Waals surface area contributed by atoms with Crippen LogP contribution in [-0.2, 0) is 6.54 Å². The Kier molecular flexibility index (Phi) is 3.93. The highest BCUT2D eigenvalue weighted by Gasteiger charge is 2.10. The summed E-state index contributed by atoms with van der Waals surface area (Å²) in [5.41, 5.74) is 6.24.